The van der Waals surface area contributed by atoms with Crippen molar-refractivity contribution in [3.05, 3.63) is 45.6 Å². The number of benzene rings is 1. The van der Waals surface area contributed by atoms with Gasteiger partial charge in [-0.25, -0.2) is 0 Å². The number of thiophene rings is 1. The lowest BCUT2D eigenvalue weighted by Gasteiger charge is -2.32. The summed E-state index contributed by atoms with van der Waals surface area (Å²) in [5.41, 5.74) is 2.49. The van der Waals surface area contributed by atoms with Crippen LogP contribution in [0.25, 0.3) is 0 Å². The molecule has 0 spiro atoms. The zero-order valence-electron chi connectivity index (χ0n) is 12.0. The average Bonchev–Trinajstić information content (AvgIpc) is 2.91. The third-order valence-electron chi connectivity index (χ3n) is 3.85. The third kappa shape index (κ3) is 2.30. The van der Waals surface area contributed by atoms with Crippen LogP contribution in [0.1, 0.15) is 34.6 Å². The maximum absolute atomic E-state index is 6.20. The van der Waals surface area contributed by atoms with Gasteiger partial charge in [0, 0.05) is 22.9 Å². The summed E-state index contributed by atoms with van der Waals surface area (Å²) in [5.74, 6) is 1.83. The molecule has 0 saturated heterocycles. The molecule has 3 nitrogen and oxygen atoms in total. The molecule has 0 bridgehead atoms. The highest BCUT2D eigenvalue weighted by atomic mass is 32.1. The van der Waals surface area contributed by atoms with Crippen molar-refractivity contribution in [2.24, 2.45) is 0 Å². The first-order valence-electron chi connectivity index (χ1n) is 6.78. The van der Waals surface area contributed by atoms with E-state index < -0.39 is 0 Å². The minimum absolute atomic E-state index is 0.133. The predicted octanol–water partition coefficient (Wildman–Crippen LogP) is 3.85. The summed E-state index contributed by atoms with van der Waals surface area (Å²) >= 11 is 1.77. The summed E-state index contributed by atoms with van der Waals surface area (Å²) in [4.78, 5) is 1.33. The summed E-state index contributed by atoms with van der Waals surface area (Å²) < 4.78 is 11.5. The van der Waals surface area contributed by atoms with Crippen LogP contribution in [0.2, 0.25) is 0 Å². The number of ether oxygens (including phenoxy) is 2. The van der Waals surface area contributed by atoms with Gasteiger partial charge in [0.15, 0.2) is 0 Å². The van der Waals surface area contributed by atoms with Gasteiger partial charge in [-0.05, 0) is 49.2 Å². The predicted molar refractivity (Wildman–Crippen MR) is 81.8 cm³/mol. The quantitative estimate of drug-likeness (QED) is 0.931. The van der Waals surface area contributed by atoms with Crippen LogP contribution in [0.3, 0.4) is 0 Å². The first-order valence-corrected chi connectivity index (χ1v) is 7.66. The van der Waals surface area contributed by atoms with E-state index in [1.165, 1.54) is 16.0 Å². The van der Waals surface area contributed by atoms with Crippen LogP contribution in [0.5, 0.6) is 11.5 Å². The molecule has 1 N–H and O–H groups in total. The molecule has 1 aliphatic heterocycles. The van der Waals surface area contributed by atoms with Crippen molar-refractivity contribution < 1.29 is 9.47 Å². The molecule has 2 aromatic rings. The molecule has 1 aliphatic rings. The van der Waals surface area contributed by atoms with Gasteiger partial charge in [-0.2, -0.15) is 0 Å². The Kier molecular flexibility index (Phi) is 3.68. The van der Waals surface area contributed by atoms with E-state index in [1.807, 2.05) is 19.2 Å². The van der Waals surface area contributed by atoms with Gasteiger partial charge in [0.05, 0.1) is 7.11 Å². The molecular formula is C16H19NO2S. The number of fused-ring (bicyclic) bond motifs is 1. The Morgan fingerprint density at radius 1 is 1.35 bits per heavy atom. The van der Waals surface area contributed by atoms with Gasteiger partial charge in [-0.1, -0.05) is 0 Å². The summed E-state index contributed by atoms with van der Waals surface area (Å²) in [7, 11) is 3.69. The first kappa shape index (κ1) is 13.5. The molecule has 106 valence electrons. The smallest absolute Gasteiger partial charge is 0.135 e. The number of hydrogen-bond donors (Lipinski definition) is 1. The maximum Gasteiger partial charge on any atom is 0.135 e. The second-order valence-corrected chi connectivity index (χ2v) is 6.00. The van der Waals surface area contributed by atoms with Gasteiger partial charge in [-0.3, -0.25) is 0 Å². The van der Waals surface area contributed by atoms with Crippen molar-refractivity contribution in [3.8, 4) is 11.5 Å². The van der Waals surface area contributed by atoms with Crippen molar-refractivity contribution in [1.29, 1.82) is 0 Å². The van der Waals surface area contributed by atoms with Gasteiger partial charge in [0.2, 0.25) is 0 Å². The molecule has 2 unspecified atom stereocenters. The lowest BCUT2D eigenvalue weighted by atomic mass is 9.95. The molecule has 3 rings (SSSR count). The number of aryl methyl sites for hydroxylation is 1. The van der Waals surface area contributed by atoms with Crippen LogP contribution in [-0.4, -0.2) is 14.2 Å². The minimum Gasteiger partial charge on any atom is -0.497 e. The average molecular weight is 289 g/mol. The fourth-order valence-corrected chi connectivity index (χ4v) is 3.69. The monoisotopic (exact) mass is 289 g/mol. The Bertz CT molecular complexity index is 608. The van der Waals surface area contributed by atoms with E-state index in [0.717, 1.165) is 17.9 Å². The van der Waals surface area contributed by atoms with Gasteiger partial charge in [0.25, 0.3) is 0 Å². The van der Waals surface area contributed by atoms with Crippen LogP contribution in [0, 0.1) is 6.92 Å². The summed E-state index contributed by atoms with van der Waals surface area (Å²) in [6, 6.07) is 8.47. The molecule has 0 saturated carbocycles. The van der Waals surface area contributed by atoms with Crippen molar-refractivity contribution in [2.45, 2.75) is 25.5 Å². The Labute approximate surface area is 123 Å². The zero-order chi connectivity index (χ0) is 14.1. The summed E-state index contributed by atoms with van der Waals surface area (Å²) in [5, 5.41) is 5.52. The van der Waals surface area contributed by atoms with E-state index in [-0.39, 0.29) is 6.10 Å². The second kappa shape index (κ2) is 5.46. The van der Waals surface area contributed by atoms with Crippen LogP contribution in [0.4, 0.5) is 0 Å². The lowest BCUT2D eigenvalue weighted by Crippen LogP contribution is -2.26. The van der Waals surface area contributed by atoms with Gasteiger partial charge in [-0.15, -0.1) is 11.3 Å². The van der Waals surface area contributed by atoms with Crippen LogP contribution < -0.4 is 14.8 Å². The van der Waals surface area contributed by atoms with E-state index in [1.54, 1.807) is 18.4 Å². The van der Waals surface area contributed by atoms with E-state index in [0.29, 0.717) is 6.04 Å². The second-order valence-electron chi connectivity index (χ2n) is 5.06. The van der Waals surface area contributed by atoms with Crippen molar-refractivity contribution in [1.82, 2.24) is 5.32 Å². The molecule has 0 fully saturated rings. The molecule has 0 radical (unpaired) electrons. The lowest BCUT2D eigenvalue weighted by molar-refractivity contribution is 0.156. The Balaban J connectivity index is 1.97. The van der Waals surface area contributed by atoms with Crippen molar-refractivity contribution in [3.63, 3.8) is 0 Å². The van der Waals surface area contributed by atoms with Gasteiger partial charge in [0.1, 0.15) is 17.6 Å². The highest BCUT2D eigenvalue weighted by molar-refractivity contribution is 7.10. The molecular weight excluding hydrogens is 270 g/mol. The maximum atomic E-state index is 6.20. The molecule has 1 aromatic heterocycles. The highest BCUT2D eigenvalue weighted by Gasteiger charge is 2.30. The highest BCUT2D eigenvalue weighted by Crippen LogP contribution is 2.43. The van der Waals surface area contributed by atoms with E-state index in [9.17, 15) is 0 Å². The topological polar surface area (TPSA) is 30.5 Å². The normalized spacial score (nSPS) is 21.1. The van der Waals surface area contributed by atoms with E-state index in [2.05, 4.69) is 29.8 Å². The van der Waals surface area contributed by atoms with Crippen molar-refractivity contribution >= 4 is 11.3 Å². The summed E-state index contributed by atoms with van der Waals surface area (Å²) in [6.45, 7) is 2.15. The number of nitrogens with one attached hydrogen (secondary N) is 1. The Hall–Kier alpha value is -1.52. The molecule has 2 heterocycles. The van der Waals surface area contributed by atoms with Crippen LogP contribution in [-0.2, 0) is 0 Å². The SMILES string of the molecule is CNC1CC(c2sccc2C)Oc2ccc(OC)cc21. The number of hydrogen-bond acceptors (Lipinski definition) is 4. The van der Waals surface area contributed by atoms with E-state index >= 15 is 0 Å². The standard InChI is InChI=1S/C16H19NO2S/c1-10-6-7-20-16(10)15-9-13(17-2)12-8-11(18-3)4-5-14(12)19-15/h4-8,13,15,17H,9H2,1-3H3. The molecule has 0 amide bonds. The first-order chi connectivity index (χ1) is 9.72. The Morgan fingerprint density at radius 3 is 2.85 bits per heavy atom. The molecule has 20 heavy (non-hydrogen) atoms. The van der Waals surface area contributed by atoms with Crippen LogP contribution >= 0.6 is 11.3 Å². The summed E-state index contributed by atoms with van der Waals surface area (Å²) in [6.07, 6.45) is 1.08. The largest absolute Gasteiger partial charge is 0.497 e. The molecule has 0 aliphatic carbocycles. The third-order valence-corrected chi connectivity index (χ3v) is 4.96. The molecule has 1 aromatic carbocycles. The fraction of sp³-hybridized carbons (Fsp3) is 0.375. The molecule has 4 heteroatoms. The number of rotatable bonds is 3. The molecule has 2 atom stereocenters. The van der Waals surface area contributed by atoms with Gasteiger partial charge < -0.3 is 14.8 Å². The van der Waals surface area contributed by atoms with Crippen molar-refractivity contribution in [2.75, 3.05) is 14.2 Å². The fourth-order valence-electron chi connectivity index (χ4n) is 2.72. The minimum atomic E-state index is 0.133. The van der Waals surface area contributed by atoms with Gasteiger partial charge >= 0.3 is 0 Å². The number of methoxy groups -OCH3 is 1. The van der Waals surface area contributed by atoms with Crippen LogP contribution in [0.15, 0.2) is 29.6 Å². The van der Waals surface area contributed by atoms with E-state index in [4.69, 9.17) is 9.47 Å². The Morgan fingerprint density at radius 2 is 2.20 bits per heavy atom. The zero-order valence-corrected chi connectivity index (χ0v) is 12.8.